The third-order valence-electron chi connectivity index (χ3n) is 2.43. The summed E-state index contributed by atoms with van der Waals surface area (Å²) in [6.45, 7) is 5.42. The van der Waals surface area contributed by atoms with Crippen molar-refractivity contribution in [2.75, 3.05) is 19.7 Å². The van der Waals surface area contributed by atoms with E-state index in [2.05, 4.69) is 10.3 Å². The van der Waals surface area contributed by atoms with E-state index in [1.807, 2.05) is 6.92 Å². The smallest absolute Gasteiger partial charge is 0.191 e. The van der Waals surface area contributed by atoms with E-state index in [-0.39, 0.29) is 0 Å². The quantitative estimate of drug-likeness (QED) is 0.783. The summed E-state index contributed by atoms with van der Waals surface area (Å²) in [6.07, 6.45) is 2.88. The molecule has 78 valence electrons. The van der Waals surface area contributed by atoms with Crippen LogP contribution < -0.4 is 5.32 Å². The van der Waals surface area contributed by atoms with Crippen molar-refractivity contribution in [1.29, 1.82) is 0 Å². The van der Waals surface area contributed by atoms with Crippen molar-refractivity contribution in [2.45, 2.75) is 20.0 Å². The maximum atomic E-state index is 5.55. The molecule has 2 heterocycles. The topological polar surface area (TPSA) is 47.3 Å². The van der Waals surface area contributed by atoms with Gasteiger partial charge in [-0.1, -0.05) is 0 Å². The van der Waals surface area contributed by atoms with Crippen LogP contribution in [0.5, 0.6) is 0 Å². The Kier molecular flexibility index (Phi) is 3.16. The zero-order valence-corrected chi connectivity index (χ0v) is 8.45. The second kappa shape index (κ2) is 4.57. The summed E-state index contributed by atoms with van der Waals surface area (Å²) in [5, 5.41) is 3.31. The van der Waals surface area contributed by atoms with Crippen molar-refractivity contribution >= 4 is 0 Å². The van der Waals surface area contributed by atoms with Crippen LogP contribution in [0.2, 0.25) is 0 Å². The summed E-state index contributed by atoms with van der Waals surface area (Å²) in [7, 11) is 0. The Bertz CT molecular complexity index is 279. The molecule has 1 fully saturated rings. The molecule has 0 radical (unpaired) electrons. The molecule has 0 aromatic carbocycles. The molecule has 1 aliphatic heterocycles. The van der Waals surface area contributed by atoms with Crippen molar-refractivity contribution < 1.29 is 9.15 Å². The molecule has 0 amide bonds. The Labute approximate surface area is 83.7 Å². The number of rotatable bonds is 4. The Hall–Kier alpha value is -0.870. The van der Waals surface area contributed by atoms with Gasteiger partial charge in [-0.2, -0.15) is 0 Å². The van der Waals surface area contributed by atoms with E-state index < -0.39 is 0 Å². The minimum absolute atomic E-state index is 0.563. The summed E-state index contributed by atoms with van der Waals surface area (Å²) < 4.78 is 10.6. The highest BCUT2D eigenvalue weighted by molar-refractivity contribution is 4.92. The predicted molar refractivity (Wildman–Crippen MR) is 51.9 cm³/mol. The fourth-order valence-electron chi connectivity index (χ4n) is 1.66. The molecule has 0 spiro atoms. The summed E-state index contributed by atoms with van der Waals surface area (Å²) in [6, 6.07) is 0. The monoisotopic (exact) mass is 196 g/mol. The van der Waals surface area contributed by atoms with Crippen LogP contribution in [-0.2, 0) is 11.3 Å². The van der Waals surface area contributed by atoms with Crippen molar-refractivity contribution in [3.05, 3.63) is 17.8 Å². The fourth-order valence-corrected chi connectivity index (χ4v) is 1.66. The first-order chi connectivity index (χ1) is 6.84. The lowest BCUT2D eigenvalue weighted by Crippen LogP contribution is -2.13. The second-order valence-corrected chi connectivity index (χ2v) is 3.73. The lowest BCUT2D eigenvalue weighted by molar-refractivity contribution is 0.0902. The van der Waals surface area contributed by atoms with Crippen molar-refractivity contribution in [1.82, 2.24) is 10.3 Å². The average molecular weight is 196 g/mol. The first-order valence-corrected chi connectivity index (χ1v) is 5.04. The van der Waals surface area contributed by atoms with Crippen molar-refractivity contribution in [2.24, 2.45) is 5.92 Å². The molecule has 2 rings (SSSR count). The zero-order valence-electron chi connectivity index (χ0n) is 8.45. The Morgan fingerprint density at radius 2 is 2.64 bits per heavy atom. The number of hydrogen-bond donors (Lipinski definition) is 1. The van der Waals surface area contributed by atoms with E-state index in [1.165, 1.54) is 6.42 Å². The van der Waals surface area contributed by atoms with Crippen LogP contribution in [0.25, 0.3) is 0 Å². The number of ether oxygens (including phenoxy) is 1. The minimum atomic E-state index is 0.563. The first-order valence-electron chi connectivity index (χ1n) is 5.04. The van der Waals surface area contributed by atoms with E-state index in [4.69, 9.17) is 9.15 Å². The van der Waals surface area contributed by atoms with Gasteiger partial charge >= 0.3 is 0 Å². The molecular weight excluding hydrogens is 180 g/mol. The van der Waals surface area contributed by atoms with Gasteiger partial charge in [0.05, 0.1) is 13.2 Å². The maximum absolute atomic E-state index is 5.55. The molecule has 0 saturated carbocycles. The fraction of sp³-hybridized carbons (Fsp3) is 0.700. The SMILES string of the molecule is Cc1nc(COC[C@@H]2CCNC2)co1. The Morgan fingerprint density at radius 1 is 1.71 bits per heavy atom. The molecule has 1 N–H and O–H groups in total. The van der Waals surface area contributed by atoms with Gasteiger partial charge in [-0.3, -0.25) is 0 Å². The van der Waals surface area contributed by atoms with E-state index in [0.29, 0.717) is 18.4 Å². The van der Waals surface area contributed by atoms with Gasteiger partial charge in [0.25, 0.3) is 0 Å². The highest BCUT2D eigenvalue weighted by Gasteiger charge is 2.14. The third kappa shape index (κ3) is 2.56. The van der Waals surface area contributed by atoms with Crippen LogP contribution in [0.1, 0.15) is 18.0 Å². The van der Waals surface area contributed by atoms with Crippen LogP contribution in [0, 0.1) is 12.8 Å². The molecule has 4 heteroatoms. The number of aryl methyl sites for hydroxylation is 1. The van der Waals surface area contributed by atoms with E-state index >= 15 is 0 Å². The minimum Gasteiger partial charge on any atom is -0.449 e. The molecular formula is C10H16N2O2. The number of hydrogen-bond acceptors (Lipinski definition) is 4. The molecule has 1 saturated heterocycles. The Balaban J connectivity index is 1.67. The molecule has 1 atom stereocenters. The third-order valence-corrected chi connectivity index (χ3v) is 2.43. The van der Waals surface area contributed by atoms with Gasteiger partial charge in [0.2, 0.25) is 0 Å². The van der Waals surface area contributed by atoms with Crippen LogP contribution >= 0.6 is 0 Å². The second-order valence-electron chi connectivity index (χ2n) is 3.73. The van der Waals surface area contributed by atoms with E-state index in [0.717, 1.165) is 25.4 Å². The summed E-state index contributed by atoms with van der Waals surface area (Å²) in [5.74, 6) is 1.37. The van der Waals surface area contributed by atoms with Crippen LogP contribution in [0.15, 0.2) is 10.7 Å². The van der Waals surface area contributed by atoms with Gasteiger partial charge in [0, 0.05) is 13.5 Å². The van der Waals surface area contributed by atoms with Crippen LogP contribution in [0.3, 0.4) is 0 Å². The lowest BCUT2D eigenvalue weighted by Gasteiger charge is -2.07. The van der Waals surface area contributed by atoms with Gasteiger partial charge in [-0.05, 0) is 18.9 Å². The number of aromatic nitrogens is 1. The molecule has 4 nitrogen and oxygen atoms in total. The van der Waals surface area contributed by atoms with Gasteiger partial charge in [0.1, 0.15) is 12.0 Å². The standard InChI is InChI=1S/C10H16N2O2/c1-8-12-10(7-14-8)6-13-5-9-2-3-11-4-9/h7,9,11H,2-6H2,1H3/t9-/m1/s1. The van der Waals surface area contributed by atoms with Gasteiger partial charge in [-0.15, -0.1) is 0 Å². The Morgan fingerprint density at radius 3 is 3.29 bits per heavy atom. The highest BCUT2D eigenvalue weighted by Crippen LogP contribution is 2.09. The van der Waals surface area contributed by atoms with E-state index in [1.54, 1.807) is 6.26 Å². The first kappa shape index (κ1) is 9.68. The highest BCUT2D eigenvalue weighted by atomic mass is 16.5. The summed E-state index contributed by atoms with van der Waals surface area (Å²) >= 11 is 0. The van der Waals surface area contributed by atoms with Crippen molar-refractivity contribution in [3.63, 3.8) is 0 Å². The maximum Gasteiger partial charge on any atom is 0.191 e. The van der Waals surface area contributed by atoms with Crippen molar-refractivity contribution in [3.8, 4) is 0 Å². The molecule has 0 aliphatic carbocycles. The average Bonchev–Trinajstić information content (AvgIpc) is 2.77. The zero-order chi connectivity index (χ0) is 9.80. The number of nitrogens with zero attached hydrogens (tertiary/aromatic N) is 1. The van der Waals surface area contributed by atoms with Gasteiger partial charge < -0.3 is 14.5 Å². The number of nitrogens with one attached hydrogen (secondary N) is 1. The number of oxazole rings is 1. The molecule has 1 aromatic rings. The lowest BCUT2D eigenvalue weighted by atomic mass is 10.1. The molecule has 14 heavy (non-hydrogen) atoms. The molecule has 0 bridgehead atoms. The molecule has 0 unspecified atom stereocenters. The van der Waals surface area contributed by atoms with Crippen LogP contribution in [0.4, 0.5) is 0 Å². The normalized spacial score (nSPS) is 21.6. The van der Waals surface area contributed by atoms with Gasteiger partial charge in [0.15, 0.2) is 5.89 Å². The van der Waals surface area contributed by atoms with Crippen LogP contribution in [-0.4, -0.2) is 24.7 Å². The molecule has 1 aromatic heterocycles. The largest absolute Gasteiger partial charge is 0.449 e. The van der Waals surface area contributed by atoms with E-state index in [9.17, 15) is 0 Å². The summed E-state index contributed by atoms with van der Waals surface area (Å²) in [5.41, 5.74) is 0.883. The van der Waals surface area contributed by atoms with Gasteiger partial charge in [-0.25, -0.2) is 4.98 Å². The predicted octanol–water partition coefficient (Wildman–Crippen LogP) is 1.11. The molecule has 1 aliphatic rings. The summed E-state index contributed by atoms with van der Waals surface area (Å²) in [4.78, 5) is 4.17.